The van der Waals surface area contributed by atoms with E-state index in [0.717, 1.165) is 30.1 Å². The van der Waals surface area contributed by atoms with Crippen LogP contribution in [0.5, 0.6) is 0 Å². The second kappa shape index (κ2) is 6.99. The molecule has 0 amide bonds. The van der Waals surface area contributed by atoms with Crippen LogP contribution < -0.4 is 5.32 Å². The number of hydrogen-bond acceptors (Lipinski definition) is 4. The highest BCUT2D eigenvalue weighted by Crippen LogP contribution is 2.13. The van der Waals surface area contributed by atoms with Crippen LogP contribution in [0.2, 0.25) is 0 Å². The van der Waals surface area contributed by atoms with E-state index < -0.39 is 0 Å². The van der Waals surface area contributed by atoms with Crippen LogP contribution in [0.15, 0.2) is 5.38 Å². The number of aryl methyl sites for hydroxylation is 1. The van der Waals surface area contributed by atoms with E-state index in [1.165, 1.54) is 0 Å². The second-order valence-electron chi connectivity index (χ2n) is 4.16. The van der Waals surface area contributed by atoms with Gasteiger partial charge in [0.1, 0.15) is 5.01 Å². The highest BCUT2D eigenvalue weighted by molar-refractivity contribution is 7.09. The SMILES string of the molecule is CCC(CC)C(O)CNCc1nc(C)cs1. The molecule has 3 nitrogen and oxygen atoms in total. The molecule has 4 heteroatoms. The van der Waals surface area contributed by atoms with E-state index in [1.54, 1.807) is 11.3 Å². The largest absolute Gasteiger partial charge is 0.392 e. The van der Waals surface area contributed by atoms with Crippen molar-refractivity contribution in [2.24, 2.45) is 5.92 Å². The van der Waals surface area contributed by atoms with Gasteiger partial charge in [-0.2, -0.15) is 0 Å². The Hall–Kier alpha value is -0.450. The minimum atomic E-state index is -0.240. The maximum absolute atomic E-state index is 9.91. The molecular formula is C12H22N2OS. The zero-order chi connectivity index (χ0) is 12.0. The van der Waals surface area contributed by atoms with Gasteiger partial charge in [-0.05, 0) is 12.8 Å². The Morgan fingerprint density at radius 3 is 2.62 bits per heavy atom. The van der Waals surface area contributed by atoms with Gasteiger partial charge < -0.3 is 10.4 Å². The maximum atomic E-state index is 9.91. The van der Waals surface area contributed by atoms with Crippen molar-refractivity contribution < 1.29 is 5.11 Å². The summed E-state index contributed by atoms with van der Waals surface area (Å²) in [6, 6.07) is 0. The number of rotatable bonds is 7. The molecule has 0 aliphatic carbocycles. The molecule has 0 saturated heterocycles. The van der Waals surface area contributed by atoms with Gasteiger partial charge in [-0.3, -0.25) is 0 Å². The van der Waals surface area contributed by atoms with Crippen molar-refractivity contribution >= 4 is 11.3 Å². The van der Waals surface area contributed by atoms with Crippen molar-refractivity contribution in [2.75, 3.05) is 6.54 Å². The number of aliphatic hydroxyl groups is 1. The highest BCUT2D eigenvalue weighted by atomic mass is 32.1. The van der Waals surface area contributed by atoms with Crippen LogP contribution in [0.4, 0.5) is 0 Å². The maximum Gasteiger partial charge on any atom is 0.107 e. The molecule has 0 saturated carbocycles. The van der Waals surface area contributed by atoms with Crippen molar-refractivity contribution in [3.05, 3.63) is 16.1 Å². The van der Waals surface area contributed by atoms with E-state index in [-0.39, 0.29) is 6.10 Å². The number of hydrogen-bond donors (Lipinski definition) is 2. The Bertz CT molecular complexity index is 297. The summed E-state index contributed by atoms with van der Waals surface area (Å²) in [5.74, 6) is 0.408. The summed E-state index contributed by atoms with van der Waals surface area (Å²) in [5, 5.41) is 16.3. The van der Waals surface area contributed by atoms with Gasteiger partial charge in [0.15, 0.2) is 0 Å². The van der Waals surface area contributed by atoms with Gasteiger partial charge >= 0.3 is 0 Å². The van der Waals surface area contributed by atoms with E-state index in [2.05, 4.69) is 24.1 Å². The number of aromatic nitrogens is 1. The fourth-order valence-electron chi connectivity index (χ4n) is 1.81. The lowest BCUT2D eigenvalue weighted by molar-refractivity contribution is 0.101. The molecule has 1 unspecified atom stereocenters. The standard InChI is InChI=1S/C12H22N2OS/c1-4-10(5-2)11(15)6-13-7-12-14-9(3)8-16-12/h8,10-11,13,15H,4-7H2,1-3H3. The van der Waals surface area contributed by atoms with Crippen LogP contribution in [0.1, 0.15) is 37.4 Å². The Morgan fingerprint density at radius 1 is 1.44 bits per heavy atom. The molecule has 92 valence electrons. The lowest BCUT2D eigenvalue weighted by Crippen LogP contribution is -2.32. The lowest BCUT2D eigenvalue weighted by Gasteiger charge is -2.20. The quantitative estimate of drug-likeness (QED) is 0.771. The van der Waals surface area contributed by atoms with Crippen LogP contribution in [0, 0.1) is 12.8 Å². The smallest absolute Gasteiger partial charge is 0.107 e. The molecule has 1 aromatic heterocycles. The van der Waals surface area contributed by atoms with Gasteiger partial charge in [-0.15, -0.1) is 11.3 Å². The molecule has 0 fully saturated rings. The fourth-order valence-corrected chi connectivity index (χ4v) is 2.55. The predicted molar refractivity (Wildman–Crippen MR) is 68.6 cm³/mol. The molecule has 0 radical (unpaired) electrons. The Labute approximate surface area is 102 Å². The van der Waals surface area contributed by atoms with Crippen LogP contribution in [0.25, 0.3) is 0 Å². The van der Waals surface area contributed by atoms with Gasteiger partial charge in [-0.1, -0.05) is 26.7 Å². The number of aliphatic hydroxyl groups excluding tert-OH is 1. The summed E-state index contributed by atoms with van der Waals surface area (Å²) in [6.45, 7) is 7.67. The van der Waals surface area contributed by atoms with E-state index in [4.69, 9.17) is 0 Å². The van der Waals surface area contributed by atoms with Crippen molar-refractivity contribution in [3.8, 4) is 0 Å². The van der Waals surface area contributed by atoms with Gasteiger partial charge in [0, 0.05) is 24.2 Å². The average molecular weight is 242 g/mol. The fraction of sp³-hybridized carbons (Fsp3) is 0.750. The monoisotopic (exact) mass is 242 g/mol. The highest BCUT2D eigenvalue weighted by Gasteiger charge is 2.14. The number of nitrogens with one attached hydrogen (secondary N) is 1. The van der Waals surface area contributed by atoms with Crippen molar-refractivity contribution in [2.45, 2.75) is 46.3 Å². The molecule has 0 aliphatic rings. The van der Waals surface area contributed by atoms with E-state index in [1.807, 2.05) is 12.3 Å². The third-order valence-corrected chi connectivity index (χ3v) is 3.86. The third-order valence-electron chi connectivity index (χ3n) is 2.89. The topological polar surface area (TPSA) is 45.1 Å². The Morgan fingerprint density at radius 2 is 2.12 bits per heavy atom. The summed E-state index contributed by atoms with van der Waals surface area (Å²) in [4.78, 5) is 4.37. The molecule has 16 heavy (non-hydrogen) atoms. The molecule has 0 aromatic carbocycles. The van der Waals surface area contributed by atoms with Crippen LogP contribution in [0.3, 0.4) is 0 Å². The molecule has 0 aliphatic heterocycles. The third kappa shape index (κ3) is 4.20. The molecule has 0 bridgehead atoms. The first kappa shape index (κ1) is 13.6. The number of thiazole rings is 1. The van der Waals surface area contributed by atoms with E-state index in [9.17, 15) is 5.11 Å². The minimum Gasteiger partial charge on any atom is -0.392 e. The molecule has 0 spiro atoms. The van der Waals surface area contributed by atoms with Crippen molar-refractivity contribution in [1.29, 1.82) is 0 Å². The van der Waals surface area contributed by atoms with Gasteiger partial charge in [0.2, 0.25) is 0 Å². The summed E-state index contributed by atoms with van der Waals surface area (Å²) in [7, 11) is 0. The first-order valence-corrected chi connectivity index (χ1v) is 6.85. The summed E-state index contributed by atoms with van der Waals surface area (Å²) < 4.78 is 0. The normalized spacial score (nSPS) is 13.3. The Kier molecular flexibility index (Phi) is 5.95. The molecular weight excluding hydrogens is 220 g/mol. The zero-order valence-electron chi connectivity index (χ0n) is 10.4. The van der Waals surface area contributed by atoms with Crippen molar-refractivity contribution in [3.63, 3.8) is 0 Å². The first-order valence-electron chi connectivity index (χ1n) is 5.97. The molecule has 2 N–H and O–H groups in total. The van der Waals surface area contributed by atoms with Crippen LogP contribution in [-0.4, -0.2) is 22.7 Å². The zero-order valence-corrected chi connectivity index (χ0v) is 11.2. The van der Waals surface area contributed by atoms with Gasteiger partial charge in [0.25, 0.3) is 0 Å². The van der Waals surface area contributed by atoms with E-state index in [0.29, 0.717) is 12.5 Å². The minimum absolute atomic E-state index is 0.240. The van der Waals surface area contributed by atoms with Crippen LogP contribution in [-0.2, 0) is 6.54 Å². The van der Waals surface area contributed by atoms with E-state index >= 15 is 0 Å². The number of nitrogens with zero attached hydrogens (tertiary/aromatic N) is 1. The first-order chi connectivity index (χ1) is 7.67. The van der Waals surface area contributed by atoms with Crippen molar-refractivity contribution in [1.82, 2.24) is 10.3 Å². The van der Waals surface area contributed by atoms with Crippen LogP contribution >= 0.6 is 11.3 Å². The molecule has 1 atom stereocenters. The Balaban J connectivity index is 2.24. The molecule has 1 rings (SSSR count). The van der Waals surface area contributed by atoms with Gasteiger partial charge in [0.05, 0.1) is 6.10 Å². The summed E-state index contributed by atoms with van der Waals surface area (Å²) in [6.07, 6.45) is 1.84. The predicted octanol–water partition coefficient (Wildman–Crippen LogP) is 2.34. The summed E-state index contributed by atoms with van der Waals surface area (Å²) in [5.41, 5.74) is 1.07. The molecule has 1 heterocycles. The molecule has 1 aromatic rings. The second-order valence-corrected chi connectivity index (χ2v) is 5.10. The average Bonchev–Trinajstić information content (AvgIpc) is 2.66. The summed E-state index contributed by atoms with van der Waals surface area (Å²) >= 11 is 1.67. The lowest BCUT2D eigenvalue weighted by atomic mass is 9.97. The van der Waals surface area contributed by atoms with Gasteiger partial charge in [-0.25, -0.2) is 4.98 Å².